The van der Waals surface area contributed by atoms with Crippen LogP contribution in [0.5, 0.6) is 5.75 Å². The SMILES string of the molecule is CC=CC1CCC(C2CCC(c3ccc(OC)c(Cl)c3F)CC2)CC1. The third-order valence-corrected chi connectivity index (χ3v) is 6.81. The number of ether oxygens (including phenoxy) is 1. The molecular weight excluding hydrogens is 335 g/mol. The molecule has 0 spiro atoms. The minimum atomic E-state index is -0.281. The third-order valence-electron chi connectivity index (χ3n) is 6.46. The molecule has 0 heterocycles. The van der Waals surface area contributed by atoms with Gasteiger partial charge in [0, 0.05) is 0 Å². The second kappa shape index (κ2) is 8.58. The monoisotopic (exact) mass is 364 g/mol. The van der Waals surface area contributed by atoms with Gasteiger partial charge in [0.25, 0.3) is 0 Å². The molecule has 25 heavy (non-hydrogen) atoms. The van der Waals surface area contributed by atoms with Crippen LogP contribution in [0.4, 0.5) is 4.39 Å². The van der Waals surface area contributed by atoms with Crippen LogP contribution in [0.15, 0.2) is 24.3 Å². The number of rotatable bonds is 4. The molecule has 1 nitrogen and oxygen atoms in total. The van der Waals surface area contributed by atoms with Crippen LogP contribution in [-0.4, -0.2) is 7.11 Å². The quantitative estimate of drug-likeness (QED) is 0.515. The Morgan fingerprint density at radius 3 is 2.16 bits per heavy atom. The first-order valence-electron chi connectivity index (χ1n) is 9.78. The standard InChI is InChI=1S/C22H30ClFO/c1-3-4-15-5-7-16(8-6-15)17-9-11-18(12-10-17)19-13-14-20(25-2)21(23)22(19)24/h3-4,13-18H,5-12H2,1-2H3. The average Bonchev–Trinajstić information content (AvgIpc) is 2.65. The highest BCUT2D eigenvalue weighted by Gasteiger charge is 2.32. The Morgan fingerprint density at radius 1 is 1.00 bits per heavy atom. The summed E-state index contributed by atoms with van der Waals surface area (Å²) in [5, 5.41) is 0.129. The Bertz CT molecular complexity index is 596. The first-order chi connectivity index (χ1) is 12.1. The molecule has 0 amide bonds. The van der Waals surface area contributed by atoms with Crippen LogP contribution in [-0.2, 0) is 0 Å². The average molecular weight is 365 g/mol. The van der Waals surface area contributed by atoms with E-state index in [0.29, 0.717) is 11.7 Å². The van der Waals surface area contributed by atoms with Gasteiger partial charge in [-0.05, 0) is 93.6 Å². The molecule has 2 aliphatic carbocycles. The summed E-state index contributed by atoms with van der Waals surface area (Å²) in [5.41, 5.74) is 0.779. The van der Waals surface area contributed by atoms with Gasteiger partial charge in [-0.1, -0.05) is 29.8 Å². The van der Waals surface area contributed by atoms with Crippen molar-refractivity contribution in [2.24, 2.45) is 17.8 Å². The van der Waals surface area contributed by atoms with E-state index in [1.54, 1.807) is 6.07 Å². The van der Waals surface area contributed by atoms with Crippen LogP contribution < -0.4 is 4.74 Å². The maximum Gasteiger partial charge on any atom is 0.149 e. The van der Waals surface area contributed by atoms with Crippen LogP contribution in [0, 0.1) is 23.6 Å². The fraction of sp³-hybridized carbons (Fsp3) is 0.636. The fourth-order valence-corrected chi connectivity index (χ4v) is 5.25. The van der Waals surface area contributed by atoms with E-state index in [1.807, 2.05) is 6.07 Å². The number of halogens is 2. The maximum absolute atomic E-state index is 14.6. The molecule has 0 atom stereocenters. The van der Waals surface area contributed by atoms with Crippen LogP contribution in [0.3, 0.4) is 0 Å². The molecule has 0 radical (unpaired) electrons. The summed E-state index contributed by atoms with van der Waals surface area (Å²) in [6.45, 7) is 2.12. The zero-order valence-electron chi connectivity index (χ0n) is 15.4. The minimum Gasteiger partial charge on any atom is -0.495 e. The first-order valence-corrected chi connectivity index (χ1v) is 10.2. The lowest BCUT2D eigenvalue weighted by Gasteiger charge is -2.37. The Balaban J connectivity index is 1.57. The summed E-state index contributed by atoms with van der Waals surface area (Å²) in [6.07, 6.45) is 14.6. The fourth-order valence-electron chi connectivity index (χ4n) is 5.00. The summed E-state index contributed by atoms with van der Waals surface area (Å²) < 4.78 is 19.7. The zero-order chi connectivity index (χ0) is 17.8. The molecule has 3 heteroatoms. The van der Waals surface area contributed by atoms with Crippen molar-refractivity contribution in [3.05, 3.63) is 40.7 Å². The van der Waals surface area contributed by atoms with E-state index < -0.39 is 0 Å². The molecule has 0 saturated heterocycles. The lowest BCUT2D eigenvalue weighted by atomic mass is 9.68. The summed E-state index contributed by atoms with van der Waals surface area (Å²) >= 11 is 6.10. The van der Waals surface area contributed by atoms with Gasteiger partial charge in [-0.3, -0.25) is 0 Å². The molecule has 2 saturated carbocycles. The number of allylic oxidation sites excluding steroid dienone is 2. The molecule has 0 bridgehead atoms. The Labute approximate surface area is 156 Å². The normalized spacial score (nSPS) is 30.6. The molecule has 1 aromatic carbocycles. The van der Waals surface area contributed by atoms with Gasteiger partial charge in [0.1, 0.15) is 16.6 Å². The van der Waals surface area contributed by atoms with Gasteiger partial charge in [0.05, 0.1) is 7.11 Å². The molecule has 138 valence electrons. The molecule has 2 fully saturated rings. The lowest BCUT2D eigenvalue weighted by Crippen LogP contribution is -2.25. The van der Waals surface area contributed by atoms with Crippen molar-refractivity contribution >= 4 is 11.6 Å². The van der Waals surface area contributed by atoms with E-state index in [1.165, 1.54) is 45.6 Å². The van der Waals surface area contributed by atoms with E-state index in [-0.39, 0.29) is 10.8 Å². The molecule has 3 rings (SSSR count). The predicted octanol–water partition coefficient (Wildman–Crippen LogP) is 7.14. The van der Waals surface area contributed by atoms with Crippen LogP contribution in [0.1, 0.15) is 69.8 Å². The Morgan fingerprint density at radius 2 is 1.60 bits per heavy atom. The first kappa shape index (κ1) is 18.8. The number of hydrogen-bond acceptors (Lipinski definition) is 1. The number of benzene rings is 1. The van der Waals surface area contributed by atoms with Crippen LogP contribution in [0.25, 0.3) is 0 Å². The smallest absolute Gasteiger partial charge is 0.149 e. The largest absolute Gasteiger partial charge is 0.495 e. The van der Waals surface area contributed by atoms with Gasteiger partial charge in [-0.2, -0.15) is 0 Å². The highest BCUT2D eigenvalue weighted by molar-refractivity contribution is 6.32. The van der Waals surface area contributed by atoms with Crippen molar-refractivity contribution in [2.45, 2.75) is 64.2 Å². The molecule has 0 unspecified atom stereocenters. The van der Waals surface area contributed by atoms with Crippen LogP contribution >= 0.6 is 11.6 Å². The molecule has 0 aromatic heterocycles. The summed E-state index contributed by atoms with van der Waals surface area (Å²) in [4.78, 5) is 0. The van der Waals surface area contributed by atoms with Crippen molar-refractivity contribution in [1.29, 1.82) is 0 Å². The van der Waals surface area contributed by atoms with Gasteiger partial charge < -0.3 is 4.74 Å². The predicted molar refractivity (Wildman–Crippen MR) is 103 cm³/mol. The van der Waals surface area contributed by atoms with Crippen molar-refractivity contribution < 1.29 is 9.13 Å². The second-order valence-electron chi connectivity index (χ2n) is 7.80. The topological polar surface area (TPSA) is 9.23 Å². The Kier molecular flexibility index (Phi) is 6.44. The number of hydrogen-bond donors (Lipinski definition) is 0. The van der Waals surface area contributed by atoms with E-state index in [0.717, 1.165) is 36.2 Å². The number of methoxy groups -OCH3 is 1. The maximum atomic E-state index is 14.6. The van der Waals surface area contributed by atoms with Crippen molar-refractivity contribution in [3.63, 3.8) is 0 Å². The van der Waals surface area contributed by atoms with E-state index in [4.69, 9.17) is 16.3 Å². The van der Waals surface area contributed by atoms with Crippen molar-refractivity contribution in [3.8, 4) is 5.75 Å². The van der Waals surface area contributed by atoms with Gasteiger partial charge >= 0.3 is 0 Å². The third kappa shape index (κ3) is 4.22. The van der Waals surface area contributed by atoms with Gasteiger partial charge in [0.2, 0.25) is 0 Å². The highest BCUT2D eigenvalue weighted by atomic mass is 35.5. The highest BCUT2D eigenvalue weighted by Crippen LogP contribution is 2.45. The summed E-state index contributed by atoms with van der Waals surface area (Å²) in [6, 6.07) is 3.67. The van der Waals surface area contributed by atoms with Gasteiger partial charge in [0.15, 0.2) is 0 Å². The second-order valence-corrected chi connectivity index (χ2v) is 8.18. The lowest BCUT2D eigenvalue weighted by molar-refractivity contribution is 0.171. The Hall–Kier alpha value is -1.02. The zero-order valence-corrected chi connectivity index (χ0v) is 16.2. The van der Waals surface area contributed by atoms with E-state index in [9.17, 15) is 4.39 Å². The summed E-state index contributed by atoms with van der Waals surface area (Å²) in [5.74, 6) is 2.96. The molecule has 0 aliphatic heterocycles. The van der Waals surface area contributed by atoms with Crippen molar-refractivity contribution in [1.82, 2.24) is 0 Å². The van der Waals surface area contributed by atoms with Gasteiger partial charge in [-0.25, -0.2) is 4.39 Å². The molecule has 1 aromatic rings. The molecule has 2 aliphatic rings. The minimum absolute atomic E-state index is 0.129. The molecule has 0 N–H and O–H groups in total. The van der Waals surface area contributed by atoms with Crippen molar-refractivity contribution in [2.75, 3.05) is 7.11 Å². The summed E-state index contributed by atoms with van der Waals surface area (Å²) in [7, 11) is 1.52. The molecular formula is C22H30ClFO. The van der Waals surface area contributed by atoms with E-state index in [2.05, 4.69) is 19.1 Å². The van der Waals surface area contributed by atoms with E-state index >= 15 is 0 Å². The van der Waals surface area contributed by atoms with Crippen LogP contribution in [0.2, 0.25) is 5.02 Å². The van der Waals surface area contributed by atoms with Gasteiger partial charge in [-0.15, -0.1) is 0 Å².